The molecule has 0 aliphatic carbocycles. The summed E-state index contributed by atoms with van der Waals surface area (Å²) in [6.45, 7) is 4.79. The van der Waals surface area contributed by atoms with Gasteiger partial charge in [0.25, 0.3) is 0 Å². The molecular weight excluding hydrogens is 380 g/mol. The molecule has 6 heteroatoms. The Labute approximate surface area is 177 Å². The zero-order chi connectivity index (χ0) is 21.7. The van der Waals surface area contributed by atoms with Crippen LogP contribution >= 0.6 is 0 Å². The molecule has 1 aliphatic heterocycles. The fraction of sp³-hybridized carbons (Fsp3) is 0.375. The van der Waals surface area contributed by atoms with Crippen LogP contribution in [0.2, 0.25) is 0 Å². The van der Waals surface area contributed by atoms with Crippen molar-refractivity contribution in [1.29, 1.82) is 0 Å². The standard InChI is InChI=1S/C24H28N2O4/c1-16(24(29)25-21-8-4-18(5-9-21)17(2)27)26-14-12-20(13-15-26)23(28)19-6-10-22(30-3)11-7-19/h4-11,16,20H,12-15H2,1-3H3,(H,25,29). The molecule has 1 N–H and O–H groups in total. The highest BCUT2D eigenvalue weighted by atomic mass is 16.5. The molecule has 1 amide bonds. The number of benzene rings is 2. The summed E-state index contributed by atoms with van der Waals surface area (Å²) in [4.78, 5) is 38.9. The number of nitrogens with one attached hydrogen (secondary N) is 1. The zero-order valence-corrected chi connectivity index (χ0v) is 17.7. The Balaban J connectivity index is 1.52. The molecule has 0 spiro atoms. The maximum Gasteiger partial charge on any atom is 0.241 e. The number of ketones is 2. The van der Waals surface area contributed by atoms with Crippen molar-refractivity contribution in [3.05, 3.63) is 59.7 Å². The van der Waals surface area contributed by atoms with Crippen LogP contribution in [-0.4, -0.2) is 48.6 Å². The maximum absolute atomic E-state index is 12.8. The highest BCUT2D eigenvalue weighted by Gasteiger charge is 2.30. The molecule has 1 heterocycles. The lowest BCUT2D eigenvalue weighted by atomic mass is 9.88. The summed E-state index contributed by atoms with van der Waals surface area (Å²) in [6.07, 6.45) is 1.46. The van der Waals surface area contributed by atoms with E-state index in [9.17, 15) is 14.4 Å². The van der Waals surface area contributed by atoms with Crippen molar-refractivity contribution in [2.45, 2.75) is 32.7 Å². The van der Waals surface area contributed by atoms with Crippen molar-refractivity contribution in [2.75, 3.05) is 25.5 Å². The number of anilines is 1. The molecule has 1 atom stereocenters. The second-order valence-corrected chi connectivity index (χ2v) is 7.70. The molecule has 2 aromatic carbocycles. The van der Waals surface area contributed by atoms with Gasteiger partial charge in [0.05, 0.1) is 13.2 Å². The van der Waals surface area contributed by atoms with Gasteiger partial charge in [-0.05, 0) is 88.3 Å². The van der Waals surface area contributed by atoms with Gasteiger partial charge in [-0.2, -0.15) is 0 Å². The average Bonchev–Trinajstić information content (AvgIpc) is 2.78. The number of amides is 1. The fourth-order valence-corrected chi connectivity index (χ4v) is 3.74. The Morgan fingerprint density at radius 1 is 0.967 bits per heavy atom. The largest absolute Gasteiger partial charge is 0.497 e. The molecule has 0 radical (unpaired) electrons. The van der Waals surface area contributed by atoms with Gasteiger partial charge in [0.1, 0.15) is 5.75 Å². The number of Topliss-reactive ketones (excluding diaryl/α,β-unsaturated/α-hetero) is 2. The van der Waals surface area contributed by atoms with Crippen molar-refractivity contribution in [3.63, 3.8) is 0 Å². The van der Waals surface area contributed by atoms with Gasteiger partial charge in [0.15, 0.2) is 11.6 Å². The van der Waals surface area contributed by atoms with Crippen LogP contribution in [0.25, 0.3) is 0 Å². The van der Waals surface area contributed by atoms with E-state index in [0.29, 0.717) is 29.9 Å². The molecule has 2 aromatic rings. The van der Waals surface area contributed by atoms with Crippen LogP contribution in [0.3, 0.4) is 0 Å². The number of hydrogen-bond acceptors (Lipinski definition) is 5. The number of hydrogen-bond donors (Lipinski definition) is 1. The second-order valence-electron chi connectivity index (χ2n) is 7.70. The molecule has 1 saturated heterocycles. The van der Waals surface area contributed by atoms with E-state index in [1.807, 2.05) is 6.92 Å². The molecule has 0 saturated carbocycles. The minimum Gasteiger partial charge on any atom is -0.497 e. The van der Waals surface area contributed by atoms with Crippen LogP contribution in [-0.2, 0) is 4.79 Å². The first-order chi connectivity index (χ1) is 14.4. The predicted octanol–water partition coefficient (Wildman–Crippen LogP) is 3.82. The van der Waals surface area contributed by atoms with Gasteiger partial charge in [0.2, 0.25) is 5.91 Å². The van der Waals surface area contributed by atoms with E-state index in [2.05, 4.69) is 10.2 Å². The van der Waals surface area contributed by atoms with E-state index in [1.54, 1.807) is 55.6 Å². The van der Waals surface area contributed by atoms with Crippen LogP contribution < -0.4 is 10.1 Å². The van der Waals surface area contributed by atoms with Crippen molar-refractivity contribution in [3.8, 4) is 5.75 Å². The van der Waals surface area contributed by atoms with E-state index in [4.69, 9.17) is 4.74 Å². The van der Waals surface area contributed by atoms with Crippen molar-refractivity contribution in [2.24, 2.45) is 5.92 Å². The van der Waals surface area contributed by atoms with E-state index < -0.39 is 0 Å². The normalized spacial score (nSPS) is 16.0. The third-order valence-corrected chi connectivity index (χ3v) is 5.76. The topological polar surface area (TPSA) is 75.7 Å². The first-order valence-electron chi connectivity index (χ1n) is 10.2. The van der Waals surface area contributed by atoms with E-state index in [-0.39, 0.29) is 29.4 Å². The molecular formula is C24H28N2O4. The van der Waals surface area contributed by atoms with E-state index in [0.717, 1.165) is 18.6 Å². The maximum atomic E-state index is 12.8. The predicted molar refractivity (Wildman–Crippen MR) is 116 cm³/mol. The molecule has 158 valence electrons. The lowest BCUT2D eigenvalue weighted by Gasteiger charge is -2.34. The number of methoxy groups -OCH3 is 1. The van der Waals surface area contributed by atoms with Crippen LogP contribution in [0.1, 0.15) is 47.4 Å². The highest BCUT2D eigenvalue weighted by Crippen LogP contribution is 2.24. The van der Waals surface area contributed by atoms with Crippen molar-refractivity contribution in [1.82, 2.24) is 4.90 Å². The lowest BCUT2D eigenvalue weighted by Crippen LogP contribution is -2.47. The summed E-state index contributed by atoms with van der Waals surface area (Å²) in [5.74, 6) is 0.764. The van der Waals surface area contributed by atoms with E-state index in [1.165, 1.54) is 6.92 Å². The molecule has 1 unspecified atom stereocenters. The Hall–Kier alpha value is -2.99. The Kier molecular flexibility index (Phi) is 7.00. The quantitative estimate of drug-likeness (QED) is 0.705. The number of ether oxygens (including phenoxy) is 1. The Bertz CT molecular complexity index is 898. The molecule has 30 heavy (non-hydrogen) atoms. The molecule has 0 bridgehead atoms. The molecule has 1 fully saturated rings. The average molecular weight is 408 g/mol. The van der Waals surface area contributed by atoms with Gasteiger partial charge in [0, 0.05) is 22.7 Å². The summed E-state index contributed by atoms with van der Waals surface area (Å²) in [7, 11) is 1.60. The molecule has 0 aromatic heterocycles. The van der Waals surface area contributed by atoms with Crippen molar-refractivity contribution >= 4 is 23.2 Å². The highest BCUT2D eigenvalue weighted by molar-refractivity contribution is 5.98. The van der Waals surface area contributed by atoms with Gasteiger partial charge < -0.3 is 10.1 Å². The number of nitrogens with zero attached hydrogens (tertiary/aromatic N) is 1. The summed E-state index contributed by atoms with van der Waals surface area (Å²) in [6, 6.07) is 13.8. The second kappa shape index (κ2) is 9.67. The number of carbonyl (C=O) groups is 3. The third kappa shape index (κ3) is 5.13. The molecule has 3 rings (SSSR count). The zero-order valence-electron chi connectivity index (χ0n) is 17.7. The van der Waals surface area contributed by atoms with Gasteiger partial charge in [-0.25, -0.2) is 0 Å². The molecule has 6 nitrogen and oxygen atoms in total. The number of piperidine rings is 1. The van der Waals surface area contributed by atoms with Crippen LogP contribution in [0.5, 0.6) is 5.75 Å². The van der Waals surface area contributed by atoms with E-state index >= 15 is 0 Å². The smallest absolute Gasteiger partial charge is 0.241 e. The first kappa shape index (κ1) is 21.7. The minimum atomic E-state index is -0.297. The Morgan fingerprint density at radius 2 is 1.53 bits per heavy atom. The monoisotopic (exact) mass is 408 g/mol. The number of rotatable bonds is 7. The van der Waals surface area contributed by atoms with Gasteiger partial charge in [-0.3, -0.25) is 19.3 Å². The van der Waals surface area contributed by atoms with Gasteiger partial charge in [-0.15, -0.1) is 0 Å². The third-order valence-electron chi connectivity index (χ3n) is 5.76. The summed E-state index contributed by atoms with van der Waals surface area (Å²) in [5.41, 5.74) is 1.99. The van der Waals surface area contributed by atoms with Crippen LogP contribution in [0, 0.1) is 5.92 Å². The lowest BCUT2D eigenvalue weighted by molar-refractivity contribution is -0.121. The summed E-state index contributed by atoms with van der Waals surface area (Å²) in [5, 5.41) is 2.91. The molecule has 1 aliphatic rings. The minimum absolute atomic E-state index is 0.00620. The van der Waals surface area contributed by atoms with Gasteiger partial charge in [-0.1, -0.05) is 0 Å². The SMILES string of the molecule is COc1ccc(C(=O)C2CCN(C(C)C(=O)Nc3ccc(C(C)=O)cc3)CC2)cc1. The van der Waals surface area contributed by atoms with Crippen molar-refractivity contribution < 1.29 is 19.1 Å². The summed E-state index contributed by atoms with van der Waals surface area (Å²) < 4.78 is 5.15. The number of likely N-dealkylation sites (tertiary alicyclic amines) is 1. The van der Waals surface area contributed by atoms with Crippen LogP contribution in [0.15, 0.2) is 48.5 Å². The fourth-order valence-electron chi connectivity index (χ4n) is 3.74. The first-order valence-corrected chi connectivity index (χ1v) is 10.2. The number of carbonyl (C=O) groups excluding carboxylic acids is 3. The summed E-state index contributed by atoms with van der Waals surface area (Å²) >= 11 is 0. The van der Waals surface area contributed by atoms with Gasteiger partial charge >= 0.3 is 0 Å². The van der Waals surface area contributed by atoms with Crippen LogP contribution in [0.4, 0.5) is 5.69 Å². The Morgan fingerprint density at radius 3 is 2.07 bits per heavy atom.